The molecule has 2 atom stereocenters. The van der Waals surface area contributed by atoms with E-state index in [0.29, 0.717) is 18.8 Å². The van der Waals surface area contributed by atoms with E-state index in [1.807, 2.05) is 25.1 Å². The topological polar surface area (TPSA) is 75.7 Å². The summed E-state index contributed by atoms with van der Waals surface area (Å²) in [6.45, 7) is 2.73. The average molecular weight is 389 g/mol. The van der Waals surface area contributed by atoms with Crippen LogP contribution in [0.25, 0.3) is 0 Å². The van der Waals surface area contributed by atoms with Crippen molar-refractivity contribution in [1.82, 2.24) is 4.90 Å². The lowest BCUT2D eigenvalue weighted by atomic mass is 10.1. The van der Waals surface area contributed by atoms with Gasteiger partial charge in [0.1, 0.15) is 0 Å². The number of aryl methyl sites for hydroxylation is 1. The lowest BCUT2D eigenvalue weighted by Crippen LogP contribution is -2.54. The Morgan fingerprint density at radius 1 is 1.41 bits per heavy atom. The third-order valence-electron chi connectivity index (χ3n) is 4.02. The summed E-state index contributed by atoms with van der Waals surface area (Å²) in [6.07, 6.45) is -0.408. The maximum atomic E-state index is 12.5. The summed E-state index contributed by atoms with van der Waals surface area (Å²) in [6, 6.07) is 4.87. The molecule has 22 heavy (non-hydrogen) atoms. The van der Waals surface area contributed by atoms with Crippen LogP contribution >= 0.6 is 15.9 Å². The number of carbonyl (C=O) groups excluding carboxylic acids is 1. The fourth-order valence-electron chi connectivity index (χ4n) is 2.83. The minimum Gasteiger partial charge on any atom is -0.373 e. The fraction of sp³-hybridized carbons (Fsp3) is 0.500. The molecule has 0 spiro atoms. The van der Waals surface area contributed by atoms with Gasteiger partial charge in [-0.1, -0.05) is 22.0 Å². The van der Waals surface area contributed by atoms with E-state index in [1.165, 1.54) is 0 Å². The van der Waals surface area contributed by atoms with Gasteiger partial charge in [0.25, 0.3) is 0 Å². The summed E-state index contributed by atoms with van der Waals surface area (Å²) >= 11 is 3.43. The van der Waals surface area contributed by atoms with Crippen molar-refractivity contribution in [2.45, 2.75) is 19.1 Å². The van der Waals surface area contributed by atoms with Crippen LogP contribution in [0.5, 0.6) is 0 Å². The molecule has 6 nitrogen and oxygen atoms in total. The number of halogens is 1. The van der Waals surface area contributed by atoms with Gasteiger partial charge in [-0.25, -0.2) is 13.2 Å². The van der Waals surface area contributed by atoms with E-state index in [-0.39, 0.29) is 17.5 Å². The number of anilines is 1. The molecule has 0 bridgehead atoms. The minimum atomic E-state index is -3.13. The highest BCUT2D eigenvalue weighted by Crippen LogP contribution is 2.26. The van der Waals surface area contributed by atoms with Gasteiger partial charge in [0, 0.05) is 16.7 Å². The molecule has 2 aliphatic rings. The number of urea groups is 1. The molecule has 8 heteroatoms. The van der Waals surface area contributed by atoms with Crippen LogP contribution in [0.2, 0.25) is 0 Å². The van der Waals surface area contributed by atoms with Gasteiger partial charge >= 0.3 is 6.03 Å². The third-order valence-corrected chi connectivity index (χ3v) is 6.56. The van der Waals surface area contributed by atoms with Crippen LogP contribution in [-0.2, 0) is 14.6 Å². The van der Waals surface area contributed by atoms with E-state index in [1.54, 1.807) is 4.90 Å². The molecule has 120 valence electrons. The van der Waals surface area contributed by atoms with Gasteiger partial charge in [0.05, 0.1) is 30.3 Å². The van der Waals surface area contributed by atoms with Crippen molar-refractivity contribution in [2.24, 2.45) is 0 Å². The summed E-state index contributed by atoms with van der Waals surface area (Å²) in [5.41, 5.74) is 1.75. The van der Waals surface area contributed by atoms with Crippen molar-refractivity contribution in [3.05, 3.63) is 28.2 Å². The second-order valence-electron chi connectivity index (χ2n) is 5.64. The first kappa shape index (κ1) is 15.8. The number of nitrogens with zero attached hydrogens (tertiary/aromatic N) is 1. The fourth-order valence-corrected chi connectivity index (χ4v) is 5.08. The summed E-state index contributed by atoms with van der Waals surface area (Å²) in [5, 5.41) is 2.83. The molecule has 0 aromatic heterocycles. The molecule has 2 saturated heterocycles. The van der Waals surface area contributed by atoms with Crippen molar-refractivity contribution in [1.29, 1.82) is 0 Å². The first-order valence-electron chi connectivity index (χ1n) is 7.01. The maximum Gasteiger partial charge on any atom is 0.322 e. The van der Waals surface area contributed by atoms with Crippen LogP contribution in [0.4, 0.5) is 10.5 Å². The zero-order valence-electron chi connectivity index (χ0n) is 12.1. The number of hydrogen-bond donors (Lipinski definition) is 1. The zero-order chi connectivity index (χ0) is 15.9. The van der Waals surface area contributed by atoms with Gasteiger partial charge in [-0.2, -0.15) is 0 Å². The Balaban J connectivity index is 1.75. The maximum absolute atomic E-state index is 12.5. The van der Waals surface area contributed by atoms with E-state index in [2.05, 4.69) is 21.2 Å². The summed E-state index contributed by atoms with van der Waals surface area (Å²) in [7, 11) is -3.13. The highest BCUT2D eigenvalue weighted by molar-refractivity contribution is 9.10. The van der Waals surface area contributed by atoms with Gasteiger partial charge in [-0.05, 0) is 24.6 Å². The van der Waals surface area contributed by atoms with E-state index >= 15 is 0 Å². The highest BCUT2D eigenvalue weighted by Gasteiger charge is 2.45. The number of rotatable bonds is 1. The second kappa shape index (κ2) is 5.82. The monoisotopic (exact) mass is 388 g/mol. The number of carbonyl (C=O) groups is 1. The molecule has 0 radical (unpaired) electrons. The van der Waals surface area contributed by atoms with Crippen LogP contribution in [0, 0.1) is 6.92 Å². The second-order valence-corrected chi connectivity index (χ2v) is 8.65. The quantitative estimate of drug-likeness (QED) is 0.795. The number of fused-ring (bicyclic) bond motifs is 1. The molecule has 3 rings (SSSR count). The molecule has 1 aromatic rings. The number of benzene rings is 1. The van der Waals surface area contributed by atoms with E-state index < -0.39 is 22.0 Å². The van der Waals surface area contributed by atoms with Gasteiger partial charge < -0.3 is 15.0 Å². The Kier molecular flexibility index (Phi) is 4.17. The summed E-state index contributed by atoms with van der Waals surface area (Å²) < 4.78 is 29.9. The number of ether oxygens (including phenoxy) is 1. The zero-order valence-corrected chi connectivity index (χ0v) is 14.5. The van der Waals surface area contributed by atoms with Gasteiger partial charge in [0.2, 0.25) is 0 Å². The molecule has 2 heterocycles. The third kappa shape index (κ3) is 3.13. The normalized spacial score (nSPS) is 26.5. The lowest BCUT2D eigenvalue weighted by Gasteiger charge is -2.36. The predicted octanol–water partition coefficient (Wildman–Crippen LogP) is 1.79. The summed E-state index contributed by atoms with van der Waals surface area (Å²) in [5.74, 6) is -0.0276. The smallest absolute Gasteiger partial charge is 0.322 e. The first-order valence-corrected chi connectivity index (χ1v) is 9.63. The van der Waals surface area contributed by atoms with Crippen molar-refractivity contribution >= 4 is 37.5 Å². The molecule has 2 aliphatic heterocycles. The molecule has 2 fully saturated rings. The Morgan fingerprint density at radius 3 is 2.91 bits per heavy atom. The average Bonchev–Trinajstić information content (AvgIpc) is 2.76. The van der Waals surface area contributed by atoms with E-state index in [9.17, 15) is 13.2 Å². The highest BCUT2D eigenvalue weighted by atomic mass is 79.9. The van der Waals surface area contributed by atoms with Gasteiger partial charge in [0.15, 0.2) is 9.84 Å². The molecular weight excluding hydrogens is 372 g/mol. The van der Waals surface area contributed by atoms with Crippen LogP contribution in [0.1, 0.15) is 5.56 Å². The molecule has 0 aliphatic carbocycles. The molecule has 1 N–H and O–H groups in total. The SMILES string of the molecule is Cc1ccc(NC(=O)N2CCOC3CS(=O)(=O)CC32)cc1Br. The van der Waals surface area contributed by atoms with Crippen LogP contribution < -0.4 is 5.32 Å². The molecular formula is C14H17BrN2O4S. The van der Waals surface area contributed by atoms with E-state index in [4.69, 9.17) is 4.74 Å². The van der Waals surface area contributed by atoms with Crippen LogP contribution in [0.15, 0.2) is 22.7 Å². The summed E-state index contributed by atoms with van der Waals surface area (Å²) in [4.78, 5) is 14.0. The van der Waals surface area contributed by atoms with Crippen LogP contribution in [-0.4, -0.2) is 56.2 Å². The predicted molar refractivity (Wildman–Crippen MR) is 86.8 cm³/mol. The van der Waals surface area contributed by atoms with Crippen LogP contribution in [0.3, 0.4) is 0 Å². The Morgan fingerprint density at radius 2 is 2.18 bits per heavy atom. The number of nitrogens with one attached hydrogen (secondary N) is 1. The van der Waals surface area contributed by atoms with Crippen molar-refractivity contribution in [2.75, 3.05) is 30.0 Å². The molecule has 1 aromatic carbocycles. The Bertz CT molecular complexity index is 707. The Labute approximate surface area is 137 Å². The lowest BCUT2D eigenvalue weighted by molar-refractivity contribution is -0.0267. The number of sulfone groups is 1. The largest absolute Gasteiger partial charge is 0.373 e. The Hall–Kier alpha value is -1.12. The number of amides is 2. The standard InChI is InChI=1S/C14H17BrN2O4S/c1-9-2-3-10(6-11(9)15)16-14(18)17-4-5-21-13-8-22(19,20)7-12(13)17/h2-3,6,12-13H,4-5,7-8H2,1H3,(H,16,18). The van der Waals surface area contributed by atoms with Crippen molar-refractivity contribution in [3.63, 3.8) is 0 Å². The van der Waals surface area contributed by atoms with Gasteiger partial charge in [-0.15, -0.1) is 0 Å². The van der Waals surface area contributed by atoms with Crippen molar-refractivity contribution < 1.29 is 17.9 Å². The number of hydrogen-bond acceptors (Lipinski definition) is 4. The van der Waals surface area contributed by atoms with E-state index in [0.717, 1.165) is 10.0 Å². The van der Waals surface area contributed by atoms with Gasteiger partial charge in [-0.3, -0.25) is 0 Å². The van der Waals surface area contributed by atoms with Crippen molar-refractivity contribution in [3.8, 4) is 0 Å². The molecule has 2 unspecified atom stereocenters. The molecule has 2 amide bonds. The molecule has 0 saturated carbocycles. The minimum absolute atomic E-state index is 0.00245. The number of morpholine rings is 1. The first-order chi connectivity index (χ1) is 10.4.